The number of aromatic carboxylic acids is 1. The van der Waals surface area contributed by atoms with E-state index in [9.17, 15) is 13.2 Å². The van der Waals surface area contributed by atoms with E-state index in [4.69, 9.17) is 5.11 Å². The average Bonchev–Trinajstić information content (AvgIpc) is 2.53. The van der Waals surface area contributed by atoms with Gasteiger partial charge in [-0.3, -0.25) is 0 Å². The Morgan fingerprint density at radius 3 is 2.46 bits per heavy atom. The maximum atomic E-state index is 12.7. The Balaban J connectivity index is 2.25. The Kier molecular flexibility index (Phi) is 5.41. The van der Waals surface area contributed by atoms with Crippen molar-refractivity contribution in [3.05, 3.63) is 70.8 Å². The van der Waals surface area contributed by atoms with E-state index in [2.05, 4.69) is 0 Å². The third-order valence-corrected chi connectivity index (χ3v) is 6.04. The summed E-state index contributed by atoms with van der Waals surface area (Å²) in [5.41, 5.74) is 2.51. The summed E-state index contributed by atoms with van der Waals surface area (Å²) in [7, 11) is -2.03. The van der Waals surface area contributed by atoms with Crippen molar-refractivity contribution >= 4 is 16.0 Å². The highest BCUT2D eigenvalue weighted by molar-refractivity contribution is 7.88. The molecular formula is C18H21NO4S. The fraction of sp³-hybridized carbons (Fsp3) is 0.278. The van der Waals surface area contributed by atoms with Gasteiger partial charge in [0.25, 0.3) is 0 Å². The Hall–Kier alpha value is -2.18. The first kappa shape index (κ1) is 18.2. The van der Waals surface area contributed by atoms with Crippen molar-refractivity contribution < 1.29 is 18.3 Å². The minimum absolute atomic E-state index is 0.0808. The predicted octanol–water partition coefficient (Wildman–Crippen LogP) is 3.22. The lowest BCUT2D eigenvalue weighted by Gasteiger charge is -2.26. The van der Waals surface area contributed by atoms with Gasteiger partial charge in [-0.15, -0.1) is 0 Å². The van der Waals surface area contributed by atoms with Crippen molar-refractivity contribution in [3.8, 4) is 0 Å². The molecule has 128 valence electrons. The van der Waals surface area contributed by atoms with Crippen LogP contribution in [-0.2, 0) is 15.8 Å². The maximum absolute atomic E-state index is 12.7. The van der Waals surface area contributed by atoms with Crippen molar-refractivity contribution in [1.29, 1.82) is 0 Å². The van der Waals surface area contributed by atoms with E-state index in [0.717, 1.165) is 11.1 Å². The number of benzene rings is 2. The number of nitrogens with zero attached hydrogens (tertiary/aromatic N) is 1. The molecule has 2 rings (SSSR count). The molecule has 2 aromatic rings. The normalized spacial score (nSPS) is 13.0. The van der Waals surface area contributed by atoms with Crippen molar-refractivity contribution in [2.45, 2.75) is 25.6 Å². The van der Waals surface area contributed by atoms with Crippen molar-refractivity contribution in [3.63, 3.8) is 0 Å². The lowest BCUT2D eigenvalue weighted by Crippen LogP contribution is -2.31. The number of sulfonamides is 1. The molecule has 6 heteroatoms. The number of aryl methyl sites for hydroxylation is 1. The van der Waals surface area contributed by atoms with E-state index >= 15 is 0 Å². The topological polar surface area (TPSA) is 74.7 Å². The van der Waals surface area contributed by atoms with Gasteiger partial charge in [0.2, 0.25) is 10.0 Å². The minimum atomic E-state index is -3.58. The summed E-state index contributed by atoms with van der Waals surface area (Å²) >= 11 is 0. The van der Waals surface area contributed by atoms with E-state index in [-0.39, 0.29) is 17.4 Å². The summed E-state index contributed by atoms with van der Waals surface area (Å²) in [4.78, 5) is 11.0. The Labute approximate surface area is 142 Å². The molecule has 24 heavy (non-hydrogen) atoms. The molecule has 0 unspecified atom stereocenters. The second-order valence-corrected chi connectivity index (χ2v) is 7.84. The highest BCUT2D eigenvalue weighted by Crippen LogP contribution is 2.26. The van der Waals surface area contributed by atoms with Crippen LogP contribution in [0.2, 0.25) is 0 Å². The molecule has 1 atom stereocenters. The second-order valence-electron chi connectivity index (χ2n) is 5.81. The van der Waals surface area contributed by atoms with E-state index in [0.29, 0.717) is 5.56 Å². The highest BCUT2D eigenvalue weighted by Gasteiger charge is 2.25. The fourth-order valence-corrected chi connectivity index (χ4v) is 4.00. The van der Waals surface area contributed by atoms with Gasteiger partial charge in [0.1, 0.15) is 0 Å². The lowest BCUT2D eigenvalue weighted by atomic mass is 10.0. The standard InChI is InChI=1S/C18H21NO4S/c1-13-7-4-5-10-17(13)14(2)19(3)24(22,23)12-15-8-6-9-16(11-15)18(20)21/h4-11,14H,12H2,1-3H3,(H,20,21)/t14-/m0/s1. The quantitative estimate of drug-likeness (QED) is 0.871. The molecule has 0 radical (unpaired) electrons. The van der Waals surface area contributed by atoms with Crippen molar-refractivity contribution in [2.24, 2.45) is 0 Å². The summed E-state index contributed by atoms with van der Waals surface area (Å²) < 4.78 is 26.7. The maximum Gasteiger partial charge on any atom is 0.335 e. The molecule has 5 nitrogen and oxygen atoms in total. The number of hydrogen-bond acceptors (Lipinski definition) is 3. The smallest absolute Gasteiger partial charge is 0.335 e. The molecular weight excluding hydrogens is 326 g/mol. The van der Waals surface area contributed by atoms with Gasteiger partial charge in [-0.2, -0.15) is 4.31 Å². The first-order chi connectivity index (χ1) is 11.2. The molecule has 0 fully saturated rings. The molecule has 0 saturated heterocycles. The predicted molar refractivity (Wildman–Crippen MR) is 93.4 cm³/mol. The molecule has 0 aliphatic rings. The second kappa shape index (κ2) is 7.15. The average molecular weight is 347 g/mol. The Morgan fingerprint density at radius 2 is 1.83 bits per heavy atom. The van der Waals surface area contributed by atoms with E-state index in [1.54, 1.807) is 19.2 Å². The number of carboxylic acids is 1. The van der Waals surface area contributed by atoms with Gasteiger partial charge in [-0.25, -0.2) is 13.2 Å². The van der Waals surface area contributed by atoms with Crippen LogP contribution in [0.15, 0.2) is 48.5 Å². The van der Waals surface area contributed by atoms with Crippen molar-refractivity contribution in [1.82, 2.24) is 4.31 Å². The third-order valence-electron chi connectivity index (χ3n) is 4.15. The van der Waals surface area contributed by atoms with Crippen LogP contribution in [0.5, 0.6) is 0 Å². The zero-order valence-electron chi connectivity index (χ0n) is 13.9. The van der Waals surface area contributed by atoms with Crippen LogP contribution < -0.4 is 0 Å². The number of carbonyl (C=O) groups is 1. The van der Waals surface area contributed by atoms with Gasteiger partial charge in [0.15, 0.2) is 0 Å². The zero-order valence-corrected chi connectivity index (χ0v) is 14.7. The van der Waals surface area contributed by atoms with Gasteiger partial charge in [-0.05, 0) is 42.7 Å². The molecule has 0 spiro atoms. The molecule has 0 saturated carbocycles. The number of rotatable bonds is 6. The van der Waals surface area contributed by atoms with Crippen LogP contribution >= 0.6 is 0 Å². The summed E-state index contributed by atoms with van der Waals surface area (Å²) in [6.45, 7) is 3.79. The highest BCUT2D eigenvalue weighted by atomic mass is 32.2. The molecule has 0 heterocycles. The SMILES string of the molecule is Cc1ccccc1[C@H](C)N(C)S(=O)(=O)Cc1cccc(C(=O)O)c1. The lowest BCUT2D eigenvalue weighted by molar-refractivity contribution is 0.0696. The molecule has 1 N–H and O–H groups in total. The van der Waals surface area contributed by atoms with Crippen LogP contribution in [0.1, 0.15) is 40.0 Å². The zero-order chi connectivity index (χ0) is 17.9. The Bertz CT molecular complexity index is 846. The van der Waals surface area contributed by atoms with E-state index < -0.39 is 16.0 Å². The third kappa shape index (κ3) is 4.01. The molecule has 0 amide bonds. The summed E-state index contributed by atoms with van der Waals surface area (Å²) in [6, 6.07) is 13.4. The number of hydrogen-bond donors (Lipinski definition) is 1. The van der Waals surface area contributed by atoms with Gasteiger partial charge < -0.3 is 5.11 Å². The van der Waals surface area contributed by atoms with Crippen LogP contribution in [0.3, 0.4) is 0 Å². The van der Waals surface area contributed by atoms with E-state index in [1.807, 2.05) is 38.1 Å². The molecule has 2 aromatic carbocycles. The summed E-state index contributed by atoms with van der Waals surface area (Å²) in [5.74, 6) is -1.31. The summed E-state index contributed by atoms with van der Waals surface area (Å²) in [6.07, 6.45) is 0. The van der Waals surface area contributed by atoms with Gasteiger partial charge >= 0.3 is 5.97 Å². The number of carboxylic acid groups (broad SMARTS) is 1. The monoisotopic (exact) mass is 347 g/mol. The first-order valence-corrected chi connectivity index (χ1v) is 9.17. The van der Waals surface area contributed by atoms with Crippen LogP contribution in [0, 0.1) is 6.92 Å². The minimum Gasteiger partial charge on any atom is -0.478 e. The van der Waals surface area contributed by atoms with Crippen LogP contribution in [0.25, 0.3) is 0 Å². The van der Waals surface area contributed by atoms with Gasteiger partial charge in [0.05, 0.1) is 11.3 Å². The Morgan fingerprint density at radius 1 is 1.17 bits per heavy atom. The fourth-order valence-electron chi connectivity index (χ4n) is 2.60. The molecule has 0 aliphatic heterocycles. The van der Waals surface area contributed by atoms with Gasteiger partial charge in [0, 0.05) is 13.1 Å². The van der Waals surface area contributed by atoms with Crippen molar-refractivity contribution in [2.75, 3.05) is 7.05 Å². The molecule has 0 aromatic heterocycles. The van der Waals surface area contributed by atoms with Crippen LogP contribution in [-0.4, -0.2) is 30.8 Å². The largest absolute Gasteiger partial charge is 0.478 e. The molecule has 0 bridgehead atoms. The summed E-state index contributed by atoms with van der Waals surface area (Å²) in [5, 5.41) is 9.02. The van der Waals surface area contributed by atoms with E-state index in [1.165, 1.54) is 16.4 Å². The van der Waals surface area contributed by atoms with Crippen LogP contribution in [0.4, 0.5) is 0 Å². The first-order valence-electron chi connectivity index (χ1n) is 7.56. The molecule has 0 aliphatic carbocycles. The van der Waals surface area contributed by atoms with Gasteiger partial charge in [-0.1, -0.05) is 36.4 Å².